The van der Waals surface area contributed by atoms with Gasteiger partial charge in [-0.15, -0.1) is 0 Å². The first-order chi connectivity index (χ1) is 11.8. The molecule has 3 fully saturated rings. The van der Waals surface area contributed by atoms with Gasteiger partial charge in [0.25, 0.3) is 5.91 Å². The van der Waals surface area contributed by atoms with Crippen molar-refractivity contribution in [3.63, 3.8) is 0 Å². The van der Waals surface area contributed by atoms with Crippen molar-refractivity contribution in [1.29, 1.82) is 0 Å². The molecular weight excluding hydrogens is 349 g/mol. The highest BCUT2D eigenvalue weighted by atomic mass is 32.2. The summed E-state index contributed by atoms with van der Waals surface area (Å²) < 4.78 is 40.4. The summed E-state index contributed by atoms with van der Waals surface area (Å²) in [5.41, 5.74) is 0.646. The molecule has 1 aliphatic carbocycles. The number of phenolic OH excluding ortho intramolecular Hbond substituents is 1. The molecule has 3 aliphatic rings. The third kappa shape index (κ3) is 3.06. The Bertz CT molecular complexity index is 815. The van der Waals surface area contributed by atoms with Crippen molar-refractivity contribution in [2.75, 3.05) is 30.5 Å². The molecule has 0 radical (unpaired) electrons. The van der Waals surface area contributed by atoms with Crippen LogP contribution in [0.25, 0.3) is 0 Å². The molecule has 1 saturated carbocycles. The van der Waals surface area contributed by atoms with Crippen LogP contribution in [0.15, 0.2) is 12.1 Å². The largest absolute Gasteiger partial charge is 0.506 e. The van der Waals surface area contributed by atoms with E-state index in [-0.39, 0.29) is 0 Å². The maximum Gasteiger partial charge on any atom is 0.326 e. The van der Waals surface area contributed by atoms with Crippen LogP contribution in [0.2, 0.25) is 0 Å². The summed E-state index contributed by atoms with van der Waals surface area (Å²) >= 11 is 0. The maximum atomic E-state index is 14.4. The van der Waals surface area contributed by atoms with Crippen LogP contribution in [-0.4, -0.2) is 50.5 Å². The van der Waals surface area contributed by atoms with Gasteiger partial charge >= 0.3 is 10.2 Å². The zero-order valence-electron chi connectivity index (χ0n) is 13.7. The Morgan fingerprint density at radius 2 is 2.04 bits per heavy atom. The van der Waals surface area contributed by atoms with E-state index in [1.807, 2.05) is 0 Å². The first-order valence-electron chi connectivity index (χ1n) is 8.35. The van der Waals surface area contributed by atoms with E-state index in [2.05, 4.69) is 4.90 Å². The van der Waals surface area contributed by atoms with Crippen molar-refractivity contribution >= 4 is 21.8 Å². The molecule has 1 aromatic carbocycles. The summed E-state index contributed by atoms with van der Waals surface area (Å²) in [7, 11) is -4.15. The molecule has 1 amide bonds. The van der Waals surface area contributed by atoms with Crippen LogP contribution in [-0.2, 0) is 21.4 Å². The van der Waals surface area contributed by atoms with Crippen LogP contribution < -0.4 is 9.03 Å². The first kappa shape index (κ1) is 16.6. The summed E-state index contributed by atoms with van der Waals surface area (Å²) in [6.45, 7) is 2.37. The number of hydrogen-bond donors (Lipinski definition) is 2. The van der Waals surface area contributed by atoms with Gasteiger partial charge in [-0.1, -0.05) is 0 Å². The van der Waals surface area contributed by atoms with Gasteiger partial charge in [0, 0.05) is 13.1 Å². The second-order valence-corrected chi connectivity index (χ2v) is 8.85. The standard InChI is InChI=1S/C16H20FN3O4S/c17-12-7-11(1-5-19-6-4-16(10-19)2-3-16)8-13(21)15(12)20-9-14(22)18-25(20,23)24/h7-8,21H,1-6,9-10H2,(H,18,22). The maximum absolute atomic E-state index is 14.4. The van der Waals surface area contributed by atoms with Gasteiger partial charge in [0.15, 0.2) is 5.82 Å². The minimum absolute atomic E-state index is 0.477. The Kier molecular flexibility index (Phi) is 3.69. The predicted octanol–water partition coefficient (Wildman–Crippen LogP) is 0.741. The highest BCUT2D eigenvalue weighted by Crippen LogP contribution is 2.52. The Morgan fingerprint density at radius 1 is 1.28 bits per heavy atom. The van der Waals surface area contributed by atoms with Gasteiger partial charge in [-0.3, -0.25) is 4.79 Å². The number of benzene rings is 1. The molecule has 0 aromatic heterocycles. The van der Waals surface area contributed by atoms with E-state index in [0.29, 0.717) is 21.7 Å². The van der Waals surface area contributed by atoms with E-state index in [4.69, 9.17) is 0 Å². The van der Waals surface area contributed by atoms with Gasteiger partial charge in [0.1, 0.15) is 18.0 Å². The van der Waals surface area contributed by atoms with E-state index in [1.54, 1.807) is 4.72 Å². The van der Waals surface area contributed by atoms with Crippen molar-refractivity contribution in [3.05, 3.63) is 23.5 Å². The van der Waals surface area contributed by atoms with E-state index in [0.717, 1.165) is 19.6 Å². The van der Waals surface area contributed by atoms with Gasteiger partial charge in [-0.2, -0.15) is 8.42 Å². The highest BCUT2D eigenvalue weighted by Gasteiger charge is 2.47. The number of amides is 1. The zero-order valence-corrected chi connectivity index (χ0v) is 14.5. The lowest BCUT2D eigenvalue weighted by Crippen LogP contribution is -2.30. The summed E-state index contributed by atoms with van der Waals surface area (Å²) in [6.07, 6.45) is 4.39. The van der Waals surface area contributed by atoms with Crippen LogP contribution in [0.1, 0.15) is 24.8 Å². The fourth-order valence-corrected chi connectivity index (χ4v) is 4.94. The first-order valence-corrected chi connectivity index (χ1v) is 9.79. The number of rotatable bonds is 4. The molecule has 1 aromatic rings. The molecule has 9 heteroatoms. The molecule has 2 saturated heterocycles. The topological polar surface area (TPSA) is 90.0 Å². The van der Waals surface area contributed by atoms with Gasteiger partial charge in [0.2, 0.25) is 0 Å². The van der Waals surface area contributed by atoms with E-state index < -0.39 is 39.9 Å². The third-order valence-corrected chi connectivity index (χ3v) is 6.74. The number of nitrogens with zero attached hydrogens (tertiary/aromatic N) is 2. The smallest absolute Gasteiger partial charge is 0.326 e. The van der Waals surface area contributed by atoms with Crippen molar-refractivity contribution in [1.82, 2.24) is 9.62 Å². The summed E-state index contributed by atoms with van der Waals surface area (Å²) in [5, 5.41) is 10.1. The minimum Gasteiger partial charge on any atom is -0.506 e. The number of anilines is 1. The van der Waals surface area contributed by atoms with Gasteiger partial charge in [-0.05, 0) is 55.3 Å². The molecule has 2 N–H and O–H groups in total. The van der Waals surface area contributed by atoms with Crippen molar-refractivity contribution in [2.45, 2.75) is 25.7 Å². The van der Waals surface area contributed by atoms with Crippen LogP contribution in [0.4, 0.5) is 10.1 Å². The summed E-state index contributed by atoms with van der Waals surface area (Å²) in [6, 6.07) is 2.61. The second kappa shape index (κ2) is 5.57. The van der Waals surface area contributed by atoms with E-state index in [9.17, 15) is 22.7 Å². The third-order valence-electron chi connectivity index (χ3n) is 5.36. The number of halogens is 1. The molecule has 0 atom stereocenters. The predicted molar refractivity (Wildman–Crippen MR) is 88.9 cm³/mol. The Hall–Kier alpha value is -1.87. The molecule has 25 heavy (non-hydrogen) atoms. The summed E-state index contributed by atoms with van der Waals surface area (Å²) in [5.74, 6) is -2.09. The van der Waals surface area contributed by atoms with Gasteiger partial charge < -0.3 is 10.0 Å². The molecule has 0 unspecified atom stereocenters. The van der Waals surface area contributed by atoms with Crippen LogP contribution >= 0.6 is 0 Å². The van der Waals surface area contributed by atoms with Gasteiger partial charge in [-0.25, -0.2) is 13.4 Å². The molecule has 1 spiro atoms. The van der Waals surface area contributed by atoms with Crippen molar-refractivity contribution in [3.8, 4) is 5.75 Å². The van der Waals surface area contributed by atoms with E-state index in [1.165, 1.54) is 31.4 Å². The van der Waals surface area contributed by atoms with Crippen molar-refractivity contribution in [2.24, 2.45) is 5.41 Å². The van der Waals surface area contributed by atoms with Crippen LogP contribution in [0.5, 0.6) is 5.75 Å². The lowest BCUT2D eigenvalue weighted by molar-refractivity contribution is -0.117. The highest BCUT2D eigenvalue weighted by molar-refractivity contribution is 7.92. The van der Waals surface area contributed by atoms with Crippen molar-refractivity contribution < 1.29 is 22.7 Å². The number of carbonyl (C=O) groups excluding carboxylic acids is 1. The number of carbonyl (C=O) groups is 1. The average Bonchev–Trinajstić information content (AvgIpc) is 3.04. The monoisotopic (exact) mass is 369 g/mol. The Labute approximate surface area is 145 Å². The van der Waals surface area contributed by atoms with Gasteiger partial charge in [0.05, 0.1) is 0 Å². The Morgan fingerprint density at radius 3 is 2.60 bits per heavy atom. The van der Waals surface area contributed by atoms with Crippen LogP contribution in [0.3, 0.4) is 0 Å². The molecule has 136 valence electrons. The lowest BCUT2D eigenvalue weighted by Gasteiger charge is -2.19. The zero-order chi connectivity index (χ0) is 17.8. The number of hydrogen-bond acceptors (Lipinski definition) is 5. The quantitative estimate of drug-likeness (QED) is 0.817. The normalized spacial score (nSPS) is 24.0. The van der Waals surface area contributed by atoms with Crippen LogP contribution in [0, 0.1) is 11.2 Å². The average molecular weight is 369 g/mol. The number of aromatic hydroxyl groups is 1. The number of phenols is 1. The Balaban J connectivity index is 1.49. The fourth-order valence-electron chi connectivity index (χ4n) is 3.77. The molecule has 7 nitrogen and oxygen atoms in total. The minimum atomic E-state index is -4.15. The molecule has 0 bridgehead atoms. The second-order valence-electron chi connectivity index (χ2n) is 7.26. The SMILES string of the molecule is O=C1CN(c2c(O)cc(CCN3CCC4(CC4)C3)cc2F)S(=O)(=O)N1. The lowest BCUT2D eigenvalue weighted by atomic mass is 10.1. The fraction of sp³-hybridized carbons (Fsp3) is 0.562. The molecule has 2 heterocycles. The molecule has 4 rings (SSSR count). The number of nitrogens with one attached hydrogen (secondary N) is 1. The summed E-state index contributed by atoms with van der Waals surface area (Å²) in [4.78, 5) is 13.6. The molecular formula is C16H20FN3O4S. The molecule has 2 aliphatic heterocycles. The number of likely N-dealkylation sites (tertiary alicyclic amines) is 1. The van der Waals surface area contributed by atoms with E-state index >= 15 is 0 Å².